The van der Waals surface area contributed by atoms with E-state index >= 15 is 0 Å². The van der Waals surface area contributed by atoms with Crippen molar-refractivity contribution in [3.8, 4) is 11.5 Å². The van der Waals surface area contributed by atoms with E-state index < -0.39 is 8.60 Å². The molecular formula is C36H59O4P. The lowest BCUT2D eigenvalue weighted by Crippen LogP contribution is -2.13. The minimum Gasteiger partial charge on any atom is -0.418 e. The Morgan fingerprint density at radius 1 is 0.488 bits per heavy atom. The molecule has 4 nitrogen and oxygen atoms in total. The third kappa shape index (κ3) is 20.0. The SMILES string of the molecule is CCCCCCCCCCCCOC(CCC)CCCCCCCCOP(Oc1ccccc1)Oc1ccccc1. The van der Waals surface area contributed by atoms with E-state index in [0.717, 1.165) is 24.5 Å². The first-order valence-electron chi connectivity index (χ1n) is 16.8. The fourth-order valence-corrected chi connectivity index (χ4v) is 6.01. The smallest absolute Gasteiger partial charge is 0.418 e. The molecule has 0 aliphatic rings. The number of para-hydroxylation sites is 2. The van der Waals surface area contributed by atoms with Crippen molar-refractivity contribution in [1.29, 1.82) is 0 Å². The Morgan fingerprint density at radius 2 is 0.951 bits per heavy atom. The molecular weight excluding hydrogens is 527 g/mol. The molecule has 1 atom stereocenters. The third-order valence-electron chi connectivity index (χ3n) is 7.43. The first-order valence-corrected chi connectivity index (χ1v) is 17.9. The van der Waals surface area contributed by atoms with Gasteiger partial charge in [-0.05, 0) is 49.9 Å². The van der Waals surface area contributed by atoms with E-state index in [-0.39, 0.29) is 0 Å². The van der Waals surface area contributed by atoms with Gasteiger partial charge in [-0.2, -0.15) is 0 Å². The van der Waals surface area contributed by atoms with Gasteiger partial charge in [0.05, 0.1) is 12.7 Å². The summed E-state index contributed by atoms with van der Waals surface area (Å²) in [5.41, 5.74) is 0. The molecule has 2 aromatic rings. The molecule has 0 N–H and O–H groups in total. The fraction of sp³-hybridized carbons (Fsp3) is 0.667. The lowest BCUT2D eigenvalue weighted by atomic mass is 10.0. The molecule has 0 radical (unpaired) electrons. The van der Waals surface area contributed by atoms with Gasteiger partial charge in [-0.3, -0.25) is 4.52 Å². The van der Waals surface area contributed by atoms with E-state index in [1.807, 2.05) is 60.7 Å². The topological polar surface area (TPSA) is 36.9 Å². The van der Waals surface area contributed by atoms with Crippen molar-refractivity contribution in [2.75, 3.05) is 13.2 Å². The standard InChI is InChI=1S/C36H59O4P/c1-3-5-6-7-8-9-10-12-15-24-32-37-34(26-4-2)27-19-14-11-13-16-25-33-38-41(39-35-28-20-17-21-29-35)40-36-30-22-18-23-31-36/h17-18,20-23,28-31,34H,3-16,19,24-27,32-33H2,1-2H3. The molecule has 0 heterocycles. The summed E-state index contributed by atoms with van der Waals surface area (Å²) in [5, 5.41) is 0. The third-order valence-corrected chi connectivity index (χ3v) is 8.54. The van der Waals surface area contributed by atoms with Gasteiger partial charge in [-0.15, -0.1) is 0 Å². The van der Waals surface area contributed by atoms with Gasteiger partial charge in [-0.25, -0.2) is 0 Å². The quantitative estimate of drug-likeness (QED) is 0.0734. The summed E-state index contributed by atoms with van der Waals surface area (Å²) in [7, 11) is -1.48. The van der Waals surface area contributed by atoms with Gasteiger partial charge in [0, 0.05) is 6.61 Å². The number of hydrogen-bond acceptors (Lipinski definition) is 4. The van der Waals surface area contributed by atoms with Crippen LogP contribution in [0, 0.1) is 0 Å². The molecule has 41 heavy (non-hydrogen) atoms. The molecule has 0 saturated heterocycles. The number of hydrogen-bond donors (Lipinski definition) is 0. The molecule has 0 aliphatic carbocycles. The molecule has 0 fully saturated rings. The van der Waals surface area contributed by atoms with Gasteiger partial charge in [0.25, 0.3) is 0 Å². The number of benzene rings is 2. The lowest BCUT2D eigenvalue weighted by molar-refractivity contribution is 0.0370. The maximum Gasteiger partial charge on any atom is 0.463 e. The van der Waals surface area contributed by atoms with Crippen molar-refractivity contribution in [1.82, 2.24) is 0 Å². The molecule has 0 saturated carbocycles. The molecule has 232 valence electrons. The van der Waals surface area contributed by atoms with Gasteiger partial charge >= 0.3 is 8.60 Å². The highest BCUT2D eigenvalue weighted by molar-refractivity contribution is 7.42. The van der Waals surface area contributed by atoms with Gasteiger partial charge in [0.2, 0.25) is 0 Å². The Morgan fingerprint density at radius 3 is 1.46 bits per heavy atom. The van der Waals surface area contributed by atoms with E-state index in [2.05, 4.69) is 13.8 Å². The molecule has 0 bridgehead atoms. The van der Waals surface area contributed by atoms with Crippen LogP contribution in [0.15, 0.2) is 60.7 Å². The average molecular weight is 587 g/mol. The predicted molar refractivity (Wildman–Crippen MR) is 176 cm³/mol. The maximum atomic E-state index is 6.28. The summed E-state index contributed by atoms with van der Waals surface area (Å²) >= 11 is 0. The first-order chi connectivity index (χ1) is 20.3. The van der Waals surface area contributed by atoms with E-state index in [4.69, 9.17) is 18.3 Å². The zero-order valence-electron chi connectivity index (χ0n) is 26.3. The number of rotatable bonds is 28. The average Bonchev–Trinajstić information content (AvgIpc) is 3.00. The van der Waals surface area contributed by atoms with Gasteiger partial charge in [0.15, 0.2) is 0 Å². The van der Waals surface area contributed by atoms with Crippen LogP contribution in [0.3, 0.4) is 0 Å². The van der Waals surface area contributed by atoms with Crippen LogP contribution < -0.4 is 9.05 Å². The minimum atomic E-state index is -1.48. The van der Waals surface area contributed by atoms with E-state index in [1.165, 1.54) is 116 Å². The van der Waals surface area contributed by atoms with Crippen LogP contribution >= 0.6 is 8.60 Å². The highest BCUT2D eigenvalue weighted by Gasteiger charge is 2.17. The van der Waals surface area contributed by atoms with Crippen LogP contribution in [0.25, 0.3) is 0 Å². The normalized spacial score (nSPS) is 12.1. The second-order valence-electron chi connectivity index (χ2n) is 11.2. The van der Waals surface area contributed by atoms with Crippen LogP contribution in [-0.4, -0.2) is 19.3 Å². The zero-order chi connectivity index (χ0) is 29.1. The zero-order valence-corrected chi connectivity index (χ0v) is 27.2. The molecule has 1 unspecified atom stereocenters. The molecule has 5 heteroatoms. The van der Waals surface area contributed by atoms with Crippen molar-refractivity contribution < 1.29 is 18.3 Å². The van der Waals surface area contributed by atoms with Gasteiger partial charge in [0.1, 0.15) is 11.5 Å². The predicted octanol–water partition coefficient (Wildman–Crippen LogP) is 12.2. The van der Waals surface area contributed by atoms with Crippen LogP contribution in [0.4, 0.5) is 0 Å². The van der Waals surface area contributed by atoms with Crippen LogP contribution in [0.2, 0.25) is 0 Å². The summed E-state index contributed by atoms with van der Waals surface area (Å²) in [6, 6.07) is 19.5. The summed E-state index contributed by atoms with van der Waals surface area (Å²) in [5.74, 6) is 1.53. The maximum absolute atomic E-state index is 6.28. The van der Waals surface area contributed by atoms with Crippen LogP contribution in [0.5, 0.6) is 11.5 Å². The summed E-state index contributed by atoms with van der Waals surface area (Å²) in [4.78, 5) is 0. The molecule has 2 aromatic carbocycles. The number of unbranched alkanes of at least 4 members (excludes halogenated alkanes) is 14. The largest absolute Gasteiger partial charge is 0.463 e. The second-order valence-corrected chi connectivity index (χ2v) is 12.3. The Labute approximate surface area is 253 Å². The molecule has 0 spiro atoms. The summed E-state index contributed by atoms with van der Waals surface area (Å²) in [6.45, 7) is 6.17. The van der Waals surface area contributed by atoms with Crippen molar-refractivity contribution >= 4 is 8.60 Å². The Balaban J connectivity index is 1.47. The second kappa shape index (κ2) is 26.1. The Hall–Kier alpha value is -1.61. The van der Waals surface area contributed by atoms with Crippen LogP contribution in [-0.2, 0) is 9.26 Å². The number of ether oxygens (including phenoxy) is 1. The van der Waals surface area contributed by atoms with Crippen LogP contribution in [0.1, 0.15) is 136 Å². The van der Waals surface area contributed by atoms with Gasteiger partial charge < -0.3 is 13.8 Å². The first kappa shape index (κ1) is 35.6. The Bertz CT molecular complexity index is 762. The summed E-state index contributed by atoms with van der Waals surface area (Å²) in [6.07, 6.45) is 25.2. The van der Waals surface area contributed by atoms with Crippen molar-refractivity contribution in [3.05, 3.63) is 60.7 Å². The van der Waals surface area contributed by atoms with Crippen molar-refractivity contribution in [2.24, 2.45) is 0 Å². The lowest BCUT2D eigenvalue weighted by Gasteiger charge is -2.18. The van der Waals surface area contributed by atoms with E-state index in [9.17, 15) is 0 Å². The monoisotopic (exact) mass is 586 g/mol. The summed E-state index contributed by atoms with van der Waals surface area (Å²) < 4.78 is 24.3. The minimum absolute atomic E-state index is 0.459. The van der Waals surface area contributed by atoms with Gasteiger partial charge in [-0.1, -0.05) is 147 Å². The molecule has 2 rings (SSSR count). The molecule has 0 aromatic heterocycles. The Kier molecular flexibility index (Phi) is 22.6. The van der Waals surface area contributed by atoms with Crippen molar-refractivity contribution in [3.63, 3.8) is 0 Å². The molecule has 0 amide bonds. The van der Waals surface area contributed by atoms with Crippen molar-refractivity contribution in [2.45, 2.75) is 142 Å². The van der Waals surface area contributed by atoms with E-state index in [0.29, 0.717) is 12.7 Å². The highest BCUT2D eigenvalue weighted by Crippen LogP contribution is 2.41. The fourth-order valence-electron chi connectivity index (χ4n) is 5.00. The molecule has 0 aliphatic heterocycles. The van der Waals surface area contributed by atoms with E-state index in [1.54, 1.807) is 0 Å². The highest BCUT2D eigenvalue weighted by atomic mass is 31.2.